The van der Waals surface area contributed by atoms with Crippen LogP contribution >= 0.6 is 0 Å². The number of nitrogens with zero attached hydrogens (tertiary/aromatic N) is 8. The van der Waals surface area contributed by atoms with Gasteiger partial charge in [-0.2, -0.15) is 0 Å². The Morgan fingerprint density at radius 2 is 0.567 bits per heavy atom. The van der Waals surface area contributed by atoms with Crippen molar-refractivity contribution in [1.29, 1.82) is 0 Å². The Balaban J connectivity index is 0.000000182. The van der Waals surface area contributed by atoms with E-state index in [4.69, 9.17) is 9.60 Å². The maximum Gasteiger partial charge on any atom is 0.126 e. The summed E-state index contributed by atoms with van der Waals surface area (Å²) >= 11 is 0. The number of aryl methyl sites for hydroxylation is 4. The van der Waals surface area contributed by atoms with Gasteiger partial charge in [0.1, 0.15) is 5.82 Å². The molecule has 0 aliphatic carbocycles. The fraction of sp³-hybridized carbons (Fsp3) is 0.0744. The van der Waals surface area contributed by atoms with Crippen LogP contribution in [-0.2, 0) is 93.3 Å². The largest absolute Gasteiger partial charge is 0.305 e. The Bertz CT molecular complexity index is 6540. The van der Waals surface area contributed by atoms with Gasteiger partial charge in [-0.25, -0.2) is 4.39 Å². The molecule has 672 valence electrons. The Labute approximate surface area is 854 Å². The van der Waals surface area contributed by atoms with E-state index in [9.17, 15) is 4.39 Å². The normalized spacial score (nSPS) is 11.3. The molecule has 0 bridgehead atoms. The van der Waals surface area contributed by atoms with Crippen LogP contribution in [0.15, 0.2) is 450 Å². The maximum atomic E-state index is 14.2. The van der Waals surface area contributed by atoms with Crippen molar-refractivity contribution in [1.82, 2.24) is 39.9 Å². The molecular formula is C121H97FIr4N8-8. The van der Waals surface area contributed by atoms with E-state index < -0.39 is 25.4 Å². The van der Waals surface area contributed by atoms with Crippen LogP contribution in [0.2, 0.25) is 0 Å². The summed E-state index contributed by atoms with van der Waals surface area (Å²) in [6.45, 7) is 2.79. The topological polar surface area (TPSA) is 103 Å². The van der Waals surface area contributed by atoms with Gasteiger partial charge in [-0.05, 0) is 206 Å². The van der Waals surface area contributed by atoms with Gasteiger partial charge in [-0.1, -0.05) is 178 Å². The molecule has 0 aliphatic rings. The molecule has 20 aromatic rings. The van der Waals surface area contributed by atoms with Gasteiger partial charge >= 0.3 is 0 Å². The number of benzene rings is 12. The van der Waals surface area contributed by atoms with E-state index in [2.05, 4.69) is 163 Å². The number of hydrogen-bond acceptors (Lipinski definition) is 8. The molecule has 0 saturated carbocycles. The van der Waals surface area contributed by atoms with Crippen LogP contribution in [0.5, 0.6) is 0 Å². The molecule has 1 unspecified atom stereocenters. The summed E-state index contributed by atoms with van der Waals surface area (Å²) in [5.74, 6) is -2.28. The summed E-state index contributed by atoms with van der Waals surface area (Å²) in [5.41, 5.74) is 27.6. The molecule has 0 saturated heterocycles. The Morgan fingerprint density at radius 1 is 0.276 bits per heavy atom. The van der Waals surface area contributed by atoms with Crippen molar-refractivity contribution in [3.63, 3.8) is 0 Å². The molecule has 1 atom stereocenters. The van der Waals surface area contributed by atoms with Gasteiger partial charge in [0.15, 0.2) is 0 Å². The third-order valence-electron chi connectivity index (χ3n) is 20.1. The van der Waals surface area contributed by atoms with Crippen molar-refractivity contribution in [2.45, 2.75) is 54.2 Å². The second-order valence-corrected chi connectivity index (χ2v) is 29.5. The number of halogens is 1. The SMILES string of the molecule is CCc1ccc(-c2ccnc(-c3[c-]cccc3)c2)cc1.Cc1ccc(-c2ccnc(-c3[c-]cccc3)c2)cc1.[2H]C([2H])([2H])C([2H])(C)Cc1cc(-c2ccc(-c3[c-]cccc3)nc2)ccc1F.[2H]C([2H])([2H])c1cc(-c2ccnc(-c3[c-]cccc3)c2)ccc1C.[Ir].[Ir].[Ir].[Ir].[c-]1ccccc1-c1ccccn1.[c-]1ccccc1-c1ccccn1.[c-]1ccccc1-c1ccccn1.[c-]1ccccc1-c1ccccn1. The van der Waals surface area contributed by atoms with Crippen molar-refractivity contribution < 1.29 is 94.4 Å². The van der Waals surface area contributed by atoms with E-state index in [0.717, 1.165) is 124 Å². The molecular weight excluding hydrogens is 2350 g/mol. The minimum Gasteiger partial charge on any atom is -0.305 e. The van der Waals surface area contributed by atoms with Crippen LogP contribution in [0.1, 0.15) is 58.1 Å². The predicted molar refractivity (Wildman–Crippen MR) is 532 cm³/mol. The Kier molecular flexibility index (Phi) is 39.8. The average Bonchev–Trinajstić information content (AvgIpc) is 0.984. The average molecular weight is 2460 g/mol. The first-order chi connectivity index (χ1) is 66.7. The molecule has 0 fully saturated rings. The fourth-order valence-corrected chi connectivity index (χ4v) is 13.2. The van der Waals surface area contributed by atoms with Gasteiger partial charge in [0, 0.05) is 140 Å². The zero-order valence-electron chi connectivity index (χ0n) is 80.9. The molecule has 20 rings (SSSR count). The fourth-order valence-electron chi connectivity index (χ4n) is 13.2. The van der Waals surface area contributed by atoms with Crippen molar-refractivity contribution in [3.8, 4) is 135 Å². The van der Waals surface area contributed by atoms with E-state index in [0.29, 0.717) is 5.56 Å². The molecule has 12 aromatic carbocycles. The van der Waals surface area contributed by atoms with Gasteiger partial charge < -0.3 is 39.9 Å². The number of aromatic nitrogens is 8. The van der Waals surface area contributed by atoms with Gasteiger partial charge in [0.05, 0.1) is 0 Å². The van der Waals surface area contributed by atoms with Gasteiger partial charge in [0.25, 0.3) is 0 Å². The zero-order valence-corrected chi connectivity index (χ0v) is 83.5. The van der Waals surface area contributed by atoms with Gasteiger partial charge in [0.2, 0.25) is 0 Å². The molecule has 8 nitrogen and oxygen atoms in total. The summed E-state index contributed by atoms with van der Waals surface area (Å²) in [6, 6.07) is 154. The maximum absolute atomic E-state index is 14.2. The third kappa shape index (κ3) is 33.0. The summed E-state index contributed by atoms with van der Waals surface area (Å²) in [7, 11) is 0. The van der Waals surface area contributed by atoms with E-state index in [-0.39, 0.29) is 92.4 Å². The van der Waals surface area contributed by atoms with E-state index in [1.165, 1.54) is 46.4 Å². The molecule has 8 aromatic heterocycles. The monoisotopic (exact) mass is 2460 g/mol. The van der Waals surface area contributed by atoms with Crippen molar-refractivity contribution >= 4 is 0 Å². The minimum absolute atomic E-state index is 0. The molecule has 134 heavy (non-hydrogen) atoms. The van der Waals surface area contributed by atoms with E-state index in [1.807, 2.05) is 335 Å². The molecule has 0 spiro atoms. The van der Waals surface area contributed by atoms with Crippen LogP contribution < -0.4 is 0 Å². The van der Waals surface area contributed by atoms with Gasteiger partial charge in [-0.3, -0.25) is 0 Å². The van der Waals surface area contributed by atoms with Crippen LogP contribution in [0.3, 0.4) is 0 Å². The van der Waals surface area contributed by atoms with Crippen LogP contribution in [0.4, 0.5) is 4.39 Å². The summed E-state index contributed by atoms with van der Waals surface area (Å²) in [5, 5.41) is 0. The second-order valence-electron chi connectivity index (χ2n) is 29.5. The smallest absolute Gasteiger partial charge is 0.126 e. The van der Waals surface area contributed by atoms with Crippen LogP contribution in [0, 0.1) is 80.9 Å². The standard InChI is InChI=1S/C21H19FN.2C19H16N.C18H14N.4C11H8N.4Ir/c1-15(2)12-19-13-17(8-10-20(19)22)18-9-11-21(23-14-18)16-6-4-3-5-7-16;1-14-8-9-17(12-15(14)2)18-10-11-20-19(13-18)16-6-4-3-5-7-16;1-2-15-8-10-16(11-9-15)18-12-13-20-19(14-18)17-6-4-3-5-7-17;1-14-7-9-15(10-8-14)17-11-12-19-18(13-17)16-5-3-2-4-6-16;4*1-2-6-10(7-3-1)11-8-4-5-9-12-11;;;;/h3-6,8-11,13-15H,12H2,1-2H3;3-6,8-13H,1-2H3;3-6,8-14H,2H2,1H3;2-5,7-13H,1H3;4*1-6,8-9H;;;;/q8*-1;;;;/i1D3,15D;2D3;;;;;;;;;;. The van der Waals surface area contributed by atoms with E-state index >= 15 is 0 Å². The summed E-state index contributed by atoms with van der Waals surface area (Å²) in [4.78, 5) is 34.6. The van der Waals surface area contributed by atoms with Gasteiger partial charge in [-0.15, -0.1) is 287 Å². The first-order valence-electron chi connectivity index (χ1n) is 46.0. The first kappa shape index (κ1) is 93.6. The molecule has 8 heterocycles. The summed E-state index contributed by atoms with van der Waals surface area (Å²) in [6.07, 6.45) is 15.2. The van der Waals surface area contributed by atoms with E-state index in [1.54, 1.807) is 55.4 Å². The minimum atomic E-state index is -2.50. The predicted octanol–water partition coefficient (Wildman–Crippen LogP) is 29.9. The zero-order chi connectivity index (χ0) is 95.9. The van der Waals surface area contributed by atoms with Crippen molar-refractivity contribution in [2.75, 3.05) is 0 Å². The van der Waals surface area contributed by atoms with Crippen LogP contribution in [-0.4, -0.2) is 39.9 Å². The second kappa shape index (κ2) is 56.9. The molecule has 4 radical (unpaired) electrons. The van der Waals surface area contributed by atoms with Crippen molar-refractivity contribution in [2.24, 2.45) is 5.89 Å². The molecule has 0 amide bonds. The Hall–Kier alpha value is -13.6. The summed E-state index contributed by atoms with van der Waals surface area (Å²) < 4.78 is 67.7. The molecule has 13 heteroatoms. The molecule has 0 N–H and O–H groups in total. The first-order valence-corrected chi connectivity index (χ1v) is 42.5. The number of hydrogen-bond donors (Lipinski definition) is 0. The van der Waals surface area contributed by atoms with Crippen molar-refractivity contribution in [3.05, 3.63) is 532 Å². The number of pyridine rings is 8. The quantitative estimate of drug-likeness (QED) is 0.0935. The molecule has 0 aliphatic heterocycles. The Morgan fingerprint density at radius 3 is 0.873 bits per heavy atom. The van der Waals surface area contributed by atoms with Crippen LogP contribution in [0.25, 0.3) is 135 Å². The number of rotatable bonds is 15. The third-order valence-corrected chi connectivity index (χ3v) is 20.1.